The maximum atomic E-state index is 2.44. The highest BCUT2D eigenvalue weighted by Crippen LogP contribution is 2.47. The van der Waals surface area contributed by atoms with Crippen LogP contribution in [0.25, 0.3) is 0 Å². The minimum absolute atomic E-state index is 0.0297. The van der Waals surface area contributed by atoms with Crippen molar-refractivity contribution >= 4 is 11.8 Å². The molecule has 0 aliphatic carbocycles. The molecule has 0 saturated carbocycles. The molecule has 0 aromatic heterocycles. The molecule has 0 radical (unpaired) electrons. The lowest BCUT2D eigenvalue weighted by molar-refractivity contribution is 0.268. The summed E-state index contributed by atoms with van der Waals surface area (Å²) in [6, 6.07) is 30.7. The van der Waals surface area contributed by atoms with Gasteiger partial charge in [-0.15, -0.1) is 11.8 Å². The van der Waals surface area contributed by atoms with E-state index in [0.717, 1.165) is 12.2 Å². The summed E-state index contributed by atoms with van der Waals surface area (Å²) in [6.07, 6.45) is 1.12. The van der Waals surface area contributed by atoms with Crippen molar-refractivity contribution in [3.8, 4) is 0 Å². The maximum absolute atomic E-state index is 2.44. The number of hydrogen-bond acceptors (Lipinski definition) is 1. The van der Waals surface area contributed by atoms with Crippen molar-refractivity contribution in [2.24, 2.45) is 0 Å². The van der Waals surface area contributed by atoms with Crippen molar-refractivity contribution in [1.29, 1.82) is 0 Å². The van der Waals surface area contributed by atoms with Gasteiger partial charge >= 0.3 is 0 Å². The number of rotatable bonds is 7. The van der Waals surface area contributed by atoms with Gasteiger partial charge in [0.15, 0.2) is 0 Å². The molecule has 0 amide bonds. The van der Waals surface area contributed by atoms with Crippen LogP contribution in [-0.4, -0.2) is 5.75 Å². The maximum Gasteiger partial charge on any atom is 0.0101 e. The summed E-state index contributed by atoms with van der Waals surface area (Å²) in [6.45, 7) is 9.43. The van der Waals surface area contributed by atoms with E-state index >= 15 is 0 Å². The Labute approximate surface area is 169 Å². The molecule has 0 fully saturated rings. The fourth-order valence-electron chi connectivity index (χ4n) is 3.88. The lowest BCUT2D eigenvalue weighted by Gasteiger charge is -2.46. The standard InChI is InChI=1S/C26H30S/c1-21-13-11-12-18-24(21)27-20-19-26(4,23-16-9-6-10-17-23)25(2,3)22-14-7-5-8-15-22/h5-18H,19-20H2,1-4H3. The number of aryl methyl sites for hydroxylation is 1. The smallest absolute Gasteiger partial charge is 0.0101 e. The van der Waals surface area contributed by atoms with Crippen molar-refractivity contribution in [2.45, 2.75) is 49.8 Å². The van der Waals surface area contributed by atoms with Crippen LogP contribution in [-0.2, 0) is 10.8 Å². The highest BCUT2D eigenvalue weighted by molar-refractivity contribution is 7.99. The second-order valence-corrected chi connectivity index (χ2v) is 9.19. The third-order valence-electron chi connectivity index (χ3n) is 6.24. The van der Waals surface area contributed by atoms with Gasteiger partial charge in [-0.05, 0) is 47.3 Å². The lowest BCUT2D eigenvalue weighted by Crippen LogP contribution is -2.43. The normalized spacial score (nSPS) is 13.9. The van der Waals surface area contributed by atoms with Crippen molar-refractivity contribution < 1.29 is 0 Å². The third-order valence-corrected chi connectivity index (χ3v) is 7.42. The first-order valence-electron chi connectivity index (χ1n) is 9.75. The average Bonchev–Trinajstić information content (AvgIpc) is 2.70. The molecule has 0 N–H and O–H groups in total. The Morgan fingerprint density at radius 3 is 1.78 bits per heavy atom. The molecule has 0 bridgehead atoms. The van der Waals surface area contributed by atoms with Crippen LogP contribution in [0.1, 0.15) is 43.9 Å². The molecule has 1 unspecified atom stereocenters. The third kappa shape index (κ3) is 4.14. The summed E-state index contributed by atoms with van der Waals surface area (Å²) in [5, 5.41) is 0. The summed E-state index contributed by atoms with van der Waals surface area (Å²) in [7, 11) is 0. The van der Waals surface area contributed by atoms with Crippen molar-refractivity contribution in [3.05, 3.63) is 102 Å². The van der Waals surface area contributed by atoms with Gasteiger partial charge in [0, 0.05) is 10.3 Å². The number of thioether (sulfide) groups is 1. The van der Waals surface area contributed by atoms with Crippen molar-refractivity contribution in [2.75, 3.05) is 5.75 Å². The van der Waals surface area contributed by atoms with Gasteiger partial charge in [0.05, 0.1) is 0 Å². The quantitative estimate of drug-likeness (QED) is 0.388. The summed E-state index contributed by atoms with van der Waals surface area (Å²) in [5.41, 5.74) is 4.26. The molecule has 0 heterocycles. The Hall–Kier alpha value is -1.99. The van der Waals surface area contributed by atoms with Crippen LogP contribution in [0.4, 0.5) is 0 Å². The second-order valence-electron chi connectivity index (χ2n) is 8.05. The Bertz CT molecular complexity index is 852. The lowest BCUT2D eigenvalue weighted by atomic mass is 9.58. The van der Waals surface area contributed by atoms with E-state index in [9.17, 15) is 0 Å². The molecule has 0 aliphatic heterocycles. The summed E-state index contributed by atoms with van der Waals surface area (Å²) in [4.78, 5) is 1.39. The number of hydrogen-bond donors (Lipinski definition) is 0. The van der Waals surface area contributed by atoms with Gasteiger partial charge in [-0.25, -0.2) is 0 Å². The summed E-state index contributed by atoms with van der Waals surface area (Å²) >= 11 is 1.98. The van der Waals surface area contributed by atoms with Crippen LogP contribution >= 0.6 is 11.8 Å². The summed E-state index contributed by atoms with van der Waals surface area (Å²) in [5.74, 6) is 1.10. The van der Waals surface area contributed by atoms with E-state index in [2.05, 4.69) is 113 Å². The fourth-order valence-corrected chi connectivity index (χ4v) is 5.08. The zero-order valence-electron chi connectivity index (χ0n) is 16.9. The van der Waals surface area contributed by atoms with Crippen LogP contribution in [0, 0.1) is 6.92 Å². The van der Waals surface area contributed by atoms with Crippen molar-refractivity contribution in [1.82, 2.24) is 0 Å². The van der Waals surface area contributed by atoms with Crippen LogP contribution in [0.15, 0.2) is 89.8 Å². The van der Waals surface area contributed by atoms with E-state index in [4.69, 9.17) is 0 Å². The molecular formula is C26H30S. The van der Waals surface area contributed by atoms with Crippen LogP contribution in [0.2, 0.25) is 0 Å². The van der Waals surface area contributed by atoms with E-state index in [-0.39, 0.29) is 10.8 Å². The second kappa shape index (κ2) is 8.35. The van der Waals surface area contributed by atoms with Crippen molar-refractivity contribution in [3.63, 3.8) is 0 Å². The zero-order valence-corrected chi connectivity index (χ0v) is 17.7. The largest absolute Gasteiger partial charge is 0.126 e. The molecule has 140 valence electrons. The molecule has 0 spiro atoms. The van der Waals surface area contributed by atoms with E-state index in [0.29, 0.717) is 0 Å². The Morgan fingerprint density at radius 2 is 1.19 bits per heavy atom. The van der Waals surface area contributed by atoms with Gasteiger partial charge in [-0.2, -0.15) is 0 Å². The van der Waals surface area contributed by atoms with Gasteiger partial charge in [0.25, 0.3) is 0 Å². The SMILES string of the molecule is Cc1ccccc1SCCC(C)(c1ccccc1)C(C)(C)c1ccccc1. The average molecular weight is 375 g/mol. The topological polar surface area (TPSA) is 0 Å². The fraction of sp³-hybridized carbons (Fsp3) is 0.308. The zero-order chi connectivity index (χ0) is 19.3. The molecule has 0 aliphatic rings. The minimum Gasteiger partial charge on any atom is -0.126 e. The Balaban J connectivity index is 1.90. The van der Waals surface area contributed by atoms with Gasteiger partial charge < -0.3 is 0 Å². The molecule has 0 nitrogen and oxygen atoms in total. The van der Waals surface area contributed by atoms with E-state index in [1.165, 1.54) is 21.6 Å². The number of benzene rings is 3. The highest BCUT2D eigenvalue weighted by Gasteiger charge is 2.42. The molecule has 3 aromatic rings. The van der Waals surface area contributed by atoms with E-state index in [1.807, 2.05) is 11.8 Å². The first kappa shape index (κ1) is 19.8. The molecule has 1 heteroatoms. The first-order valence-corrected chi connectivity index (χ1v) is 10.7. The van der Waals surface area contributed by atoms with E-state index in [1.54, 1.807) is 0 Å². The highest BCUT2D eigenvalue weighted by atomic mass is 32.2. The Kier molecular flexibility index (Phi) is 6.11. The molecule has 0 saturated heterocycles. The van der Waals surface area contributed by atoms with Gasteiger partial charge in [0.1, 0.15) is 0 Å². The van der Waals surface area contributed by atoms with Crippen LogP contribution < -0.4 is 0 Å². The molecular weight excluding hydrogens is 344 g/mol. The monoisotopic (exact) mass is 374 g/mol. The van der Waals surface area contributed by atoms with E-state index < -0.39 is 0 Å². The minimum atomic E-state index is 0.0297. The Morgan fingerprint density at radius 1 is 0.667 bits per heavy atom. The van der Waals surface area contributed by atoms with Crippen LogP contribution in [0.3, 0.4) is 0 Å². The molecule has 27 heavy (non-hydrogen) atoms. The predicted octanol–water partition coefficient (Wildman–Crippen LogP) is 7.41. The molecule has 3 aromatic carbocycles. The van der Waals surface area contributed by atoms with Crippen LogP contribution in [0.5, 0.6) is 0 Å². The predicted molar refractivity (Wildman–Crippen MR) is 120 cm³/mol. The van der Waals surface area contributed by atoms with Gasteiger partial charge in [0.2, 0.25) is 0 Å². The first-order chi connectivity index (χ1) is 12.9. The molecule has 1 atom stereocenters. The van der Waals surface area contributed by atoms with Gasteiger partial charge in [-0.3, -0.25) is 0 Å². The van der Waals surface area contributed by atoms with Gasteiger partial charge in [-0.1, -0.05) is 99.6 Å². The molecule has 3 rings (SSSR count). The summed E-state index contributed by atoms with van der Waals surface area (Å²) < 4.78 is 0.